The van der Waals surface area contributed by atoms with E-state index in [9.17, 15) is 9.18 Å². The van der Waals surface area contributed by atoms with Crippen LogP contribution in [-0.2, 0) is 11.3 Å². The van der Waals surface area contributed by atoms with Crippen LogP contribution in [0.5, 0.6) is 0 Å². The minimum atomic E-state index is -0.235. The molecule has 0 unspecified atom stereocenters. The fourth-order valence-electron chi connectivity index (χ4n) is 3.24. The topological polar surface area (TPSA) is 33.2 Å². The fourth-order valence-corrected chi connectivity index (χ4v) is 5.63. The van der Waals surface area contributed by atoms with Crippen molar-refractivity contribution in [2.75, 3.05) is 16.9 Å². The van der Waals surface area contributed by atoms with Crippen LogP contribution < -0.4 is 4.90 Å². The summed E-state index contributed by atoms with van der Waals surface area (Å²) in [5, 5.41) is 0.735. The lowest BCUT2D eigenvalue weighted by molar-refractivity contribution is -0.118. The molecule has 0 aliphatic rings. The summed E-state index contributed by atoms with van der Waals surface area (Å²) in [6, 6.07) is 22.7. The van der Waals surface area contributed by atoms with E-state index >= 15 is 0 Å². The molecule has 0 atom stereocenters. The summed E-state index contributed by atoms with van der Waals surface area (Å²) in [6.45, 7) is 0.500. The number of fused-ring (bicyclic) bond motifs is 1. The van der Waals surface area contributed by atoms with Crippen LogP contribution >= 0.6 is 34.9 Å². The standard InChI is InChI=1S/C25H23FN2OS3/c1-30-21-13-14-22-23(16-21)32-25(27-22)28(17-18-6-3-2-4-7-18)24(29)8-5-15-31-20-11-9-19(26)10-12-20/h2-4,6-7,9-14,16H,5,8,15,17H2,1H3. The van der Waals surface area contributed by atoms with Gasteiger partial charge in [0.15, 0.2) is 5.13 Å². The molecule has 7 heteroatoms. The van der Waals surface area contributed by atoms with E-state index in [0.29, 0.717) is 13.0 Å². The van der Waals surface area contributed by atoms with Gasteiger partial charge in [0, 0.05) is 16.2 Å². The Balaban J connectivity index is 1.47. The number of aromatic nitrogens is 1. The van der Waals surface area contributed by atoms with Gasteiger partial charge in [0.1, 0.15) is 5.82 Å². The normalized spacial score (nSPS) is 11.1. The summed E-state index contributed by atoms with van der Waals surface area (Å²) < 4.78 is 14.2. The summed E-state index contributed by atoms with van der Waals surface area (Å²) in [6.07, 6.45) is 3.24. The Morgan fingerprint density at radius 2 is 1.78 bits per heavy atom. The highest BCUT2D eigenvalue weighted by Crippen LogP contribution is 2.33. The van der Waals surface area contributed by atoms with Gasteiger partial charge in [-0.1, -0.05) is 41.7 Å². The highest BCUT2D eigenvalue weighted by molar-refractivity contribution is 7.99. The maximum Gasteiger partial charge on any atom is 0.229 e. The van der Waals surface area contributed by atoms with Crippen molar-refractivity contribution in [2.45, 2.75) is 29.2 Å². The number of hydrogen-bond donors (Lipinski definition) is 0. The van der Waals surface area contributed by atoms with Gasteiger partial charge in [0.05, 0.1) is 16.8 Å². The fraction of sp³-hybridized carbons (Fsp3) is 0.200. The Hall–Kier alpha value is -2.35. The predicted molar refractivity (Wildman–Crippen MR) is 135 cm³/mol. The lowest BCUT2D eigenvalue weighted by Crippen LogP contribution is -2.30. The Labute approximate surface area is 200 Å². The Morgan fingerprint density at radius 1 is 1.03 bits per heavy atom. The van der Waals surface area contributed by atoms with Gasteiger partial charge in [-0.3, -0.25) is 9.69 Å². The van der Waals surface area contributed by atoms with Crippen LogP contribution in [0.1, 0.15) is 18.4 Å². The minimum Gasteiger partial charge on any atom is -0.284 e. The summed E-state index contributed by atoms with van der Waals surface area (Å²) in [5.74, 6) is 0.632. The molecular formula is C25H23FN2OS3. The Kier molecular flexibility index (Phi) is 7.84. The molecule has 0 N–H and O–H groups in total. The molecule has 4 rings (SSSR count). The number of halogens is 1. The summed E-state index contributed by atoms with van der Waals surface area (Å²) >= 11 is 4.90. The molecule has 164 valence electrons. The molecule has 0 aliphatic carbocycles. The van der Waals surface area contributed by atoms with Crippen LogP contribution in [0, 0.1) is 5.82 Å². The maximum absolute atomic E-state index is 13.2. The molecule has 0 bridgehead atoms. The molecule has 3 nitrogen and oxygen atoms in total. The van der Waals surface area contributed by atoms with Crippen molar-refractivity contribution < 1.29 is 9.18 Å². The van der Waals surface area contributed by atoms with Gasteiger partial charge in [0.25, 0.3) is 0 Å². The number of benzene rings is 3. The van der Waals surface area contributed by atoms with Gasteiger partial charge in [-0.05, 0) is 66.5 Å². The number of rotatable bonds is 9. The zero-order valence-electron chi connectivity index (χ0n) is 17.7. The quantitative estimate of drug-likeness (QED) is 0.186. The number of anilines is 1. The van der Waals surface area contributed by atoms with Crippen LogP contribution in [0.25, 0.3) is 10.2 Å². The SMILES string of the molecule is CSc1ccc2nc(N(Cc3ccccc3)C(=O)CCCSc3ccc(F)cc3)sc2c1. The molecular weight excluding hydrogens is 459 g/mol. The largest absolute Gasteiger partial charge is 0.284 e. The van der Waals surface area contributed by atoms with Crippen LogP contribution in [0.4, 0.5) is 9.52 Å². The van der Waals surface area contributed by atoms with Gasteiger partial charge < -0.3 is 0 Å². The molecule has 4 aromatic rings. The van der Waals surface area contributed by atoms with E-state index in [1.165, 1.54) is 17.0 Å². The molecule has 0 spiro atoms. The van der Waals surface area contributed by atoms with E-state index in [0.717, 1.165) is 38.0 Å². The van der Waals surface area contributed by atoms with Crippen LogP contribution in [-0.4, -0.2) is 22.9 Å². The van der Waals surface area contributed by atoms with Crippen LogP contribution in [0.2, 0.25) is 0 Å². The van der Waals surface area contributed by atoms with E-state index in [-0.39, 0.29) is 11.7 Å². The molecule has 0 fully saturated rings. The third-order valence-corrected chi connectivity index (χ3v) is 7.78. The molecule has 0 saturated carbocycles. The van der Waals surface area contributed by atoms with Crippen molar-refractivity contribution in [1.82, 2.24) is 4.98 Å². The second-order valence-corrected chi connectivity index (χ2v) is 10.3. The first-order valence-corrected chi connectivity index (χ1v) is 13.3. The smallest absolute Gasteiger partial charge is 0.229 e. The van der Waals surface area contributed by atoms with Gasteiger partial charge in [-0.15, -0.1) is 23.5 Å². The van der Waals surface area contributed by atoms with E-state index in [2.05, 4.69) is 18.4 Å². The van der Waals surface area contributed by atoms with Crippen LogP contribution in [0.3, 0.4) is 0 Å². The highest BCUT2D eigenvalue weighted by Gasteiger charge is 2.20. The van der Waals surface area contributed by atoms with Crippen molar-refractivity contribution in [2.24, 2.45) is 0 Å². The Morgan fingerprint density at radius 3 is 2.53 bits per heavy atom. The lowest BCUT2D eigenvalue weighted by Gasteiger charge is -2.20. The summed E-state index contributed by atoms with van der Waals surface area (Å²) in [4.78, 5) is 22.0. The first kappa shape index (κ1) is 22.8. The summed E-state index contributed by atoms with van der Waals surface area (Å²) in [7, 11) is 0. The molecule has 1 heterocycles. The molecule has 0 radical (unpaired) electrons. The zero-order valence-corrected chi connectivity index (χ0v) is 20.1. The second-order valence-electron chi connectivity index (χ2n) is 7.20. The van der Waals surface area contributed by atoms with E-state index in [4.69, 9.17) is 4.98 Å². The number of hydrogen-bond acceptors (Lipinski definition) is 5. The van der Waals surface area contributed by atoms with Crippen molar-refractivity contribution in [3.05, 3.63) is 84.2 Å². The highest BCUT2D eigenvalue weighted by atomic mass is 32.2. The number of amides is 1. The molecule has 1 aromatic heterocycles. The summed E-state index contributed by atoms with van der Waals surface area (Å²) in [5.41, 5.74) is 1.99. The first-order chi connectivity index (χ1) is 15.6. The average molecular weight is 483 g/mol. The van der Waals surface area contributed by atoms with E-state index in [1.807, 2.05) is 36.4 Å². The van der Waals surface area contributed by atoms with Gasteiger partial charge in [-0.2, -0.15) is 0 Å². The zero-order chi connectivity index (χ0) is 22.3. The minimum absolute atomic E-state index is 0.0673. The van der Waals surface area contributed by atoms with E-state index < -0.39 is 0 Å². The second kappa shape index (κ2) is 11.0. The maximum atomic E-state index is 13.2. The number of thioether (sulfide) groups is 2. The van der Waals surface area contributed by atoms with E-state index in [1.54, 1.807) is 51.9 Å². The van der Waals surface area contributed by atoms with Crippen molar-refractivity contribution in [1.29, 1.82) is 0 Å². The van der Waals surface area contributed by atoms with Gasteiger partial charge in [-0.25, -0.2) is 9.37 Å². The molecule has 32 heavy (non-hydrogen) atoms. The molecule has 3 aromatic carbocycles. The lowest BCUT2D eigenvalue weighted by atomic mass is 10.2. The molecule has 1 amide bonds. The predicted octanol–water partition coefficient (Wildman–Crippen LogP) is 7.26. The van der Waals surface area contributed by atoms with Crippen molar-refractivity contribution in [3.63, 3.8) is 0 Å². The van der Waals surface area contributed by atoms with Crippen molar-refractivity contribution in [3.8, 4) is 0 Å². The average Bonchev–Trinajstić information content (AvgIpc) is 3.25. The first-order valence-electron chi connectivity index (χ1n) is 10.3. The van der Waals surface area contributed by atoms with Gasteiger partial charge >= 0.3 is 0 Å². The number of carbonyl (C=O) groups is 1. The molecule has 0 saturated heterocycles. The van der Waals surface area contributed by atoms with Crippen molar-refractivity contribution >= 4 is 56.1 Å². The number of thiazole rings is 1. The van der Waals surface area contributed by atoms with Gasteiger partial charge in [0.2, 0.25) is 5.91 Å². The third-order valence-electron chi connectivity index (χ3n) is 4.92. The van der Waals surface area contributed by atoms with Crippen LogP contribution in [0.15, 0.2) is 82.6 Å². The number of nitrogens with zero attached hydrogens (tertiary/aromatic N) is 2. The number of carbonyl (C=O) groups excluding carboxylic acids is 1. The monoisotopic (exact) mass is 482 g/mol. The third kappa shape index (κ3) is 5.91. The Bertz CT molecular complexity index is 1180. The molecule has 0 aliphatic heterocycles.